The molecule has 0 spiro atoms. The Hall–Kier alpha value is -5.07. The van der Waals surface area contributed by atoms with Crippen molar-refractivity contribution < 1.29 is 18.0 Å². The van der Waals surface area contributed by atoms with Gasteiger partial charge in [-0.1, -0.05) is 11.3 Å². The number of hydrogen-bond acceptors (Lipinski definition) is 11. The van der Waals surface area contributed by atoms with Crippen LogP contribution >= 0.6 is 11.3 Å². The van der Waals surface area contributed by atoms with Crippen molar-refractivity contribution in [2.75, 3.05) is 80.3 Å². The zero-order valence-corrected chi connectivity index (χ0v) is 30.9. The van der Waals surface area contributed by atoms with Gasteiger partial charge in [0.1, 0.15) is 22.8 Å². The molecular weight excluding hydrogens is 712 g/mol. The zero-order valence-electron chi connectivity index (χ0n) is 30.0. The Morgan fingerprint density at radius 2 is 1.57 bits per heavy atom. The Bertz CT molecular complexity index is 2360. The lowest BCUT2D eigenvalue weighted by molar-refractivity contribution is 0.232. The van der Waals surface area contributed by atoms with Gasteiger partial charge in [0.05, 0.1) is 21.9 Å². The fourth-order valence-corrected chi connectivity index (χ4v) is 7.65. The number of rotatable bonds is 7. The Kier molecular flexibility index (Phi) is 9.86. The number of hydrogen-bond donors (Lipinski definition) is 2. The molecule has 2 aliphatic heterocycles. The Morgan fingerprint density at radius 3 is 2.26 bits per heavy atom. The SMILES string of the molecule is CCn1cc(NC(=O)Nc2nnc(-c3cn(CC)c4c(F)c(N5CCN(C)C(C)C5)c(F)cc4c3=O)s2)c(=O)c2cc(F)c(N3CCN(C)CC3)nc21. The normalized spacial score (nSPS) is 17.2. The molecule has 1 aromatic carbocycles. The van der Waals surface area contributed by atoms with Crippen LogP contribution < -0.4 is 31.3 Å². The summed E-state index contributed by atoms with van der Waals surface area (Å²) in [6, 6.07) is 1.49. The van der Waals surface area contributed by atoms with Crippen LogP contribution in [0.3, 0.4) is 0 Å². The lowest BCUT2D eigenvalue weighted by atomic mass is 10.1. The maximum atomic E-state index is 16.1. The van der Waals surface area contributed by atoms with Crippen LogP contribution in [-0.4, -0.2) is 106 Å². The molecule has 14 nitrogen and oxygen atoms in total. The first-order chi connectivity index (χ1) is 25.4. The van der Waals surface area contributed by atoms with Crippen LogP contribution in [0.4, 0.5) is 40.3 Å². The summed E-state index contributed by atoms with van der Waals surface area (Å²) in [5, 5.41) is 13.1. The number of likely N-dealkylation sites (N-methyl/N-ethyl adjacent to an activating group) is 2. The Morgan fingerprint density at radius 1 is 0.868 bits per heavy atom. The number of benzene rings is 1. The van der Waals surface area contributed by atoms with Crippen molar-refractivity contribution in [1.82, 2.24) is 34.1 Å². The monoisotopic (exact) mass is 751 g/mol. The van der Waals surface area contributed by atoms with E-state index in [-0.39, 0.29) is 61.8 Å². The van der Waals surface area contributed by atoms with Gasteiger partial charge in [-0.25, -0.2) is 22.9 Å². The van der Waals surface area contributed by atoms with E-state index in [2.05, 4.69) is 35.6 Å². The molecule has 280 valence electrons. The van der Waals surface area contributed by atoms with E-state index in [9.17, 15) is 14.4 Å². The summed E-state index contributed by atoms with van der Waals surface area (Å²) < 4.78 is 50.2. The standard InChI is InChI=1S/C35H40F3N11O3S/c1-6-46-17-22(29(50)20-14-23(36)28(26(38)27(20)46)49-13-10-45(5)19(3)16-49)33-42-43-35(53-33)41-34(52)39-25-18-47(7-2)31-21(30(25)51)15-24(37)32(40-31)48-11-8-44(4)9-12-48/h14-15,17-19H,6-13,16H2,1-5H3,(H2,39,41,43,52). The van der Waals surface area contributed by atoms with Gasteiger partial charge < -0.3 is 34.1 Å². The van der Waals surface area contributed by atoms with E-state index in [1.807, 2.05) is 32.8 Å². The molecule has 0 aliphatic carbocycles. The second-order valence-corrected chi connectivity index (χ2v) is 14.4. The summed E-state index contributed by atoms with van der Waals surface area (Å²) >= 11 is 0.875. The van der Waals surface area contributed by atoms with Crippen LogP contribution in [0.1, 0.15) is 20.8 Å². The molecule has 5 aromatic rings. The third-order valence-electron chi connectivity index (χ3n) is 10.1. The predicted octanol–water partition coefficient (Wildman–Crippen LogP) is 4.22. The van der Waals surface area contributed by atoms with Crippen molar-refractivity contribution in [2.24, 2.45) is 0 Å². The minimum Gasteiger partial charge on any atom is -0.364 e. The van der Waals surface area contributed by atoms with E-state index >= 15 is 13.2 Å². The summed E-state index contributed by atoms with van der Waals surface area (Å²) in [4.78, 5) is 52.6. The fourth-order valence-electron chi connectivity index (χ4n) is 6.90. The first kappa shape index (κ1) is 36.3. The number of nitrogens with one attached hydrogen (secondary N) is 2. The largest absolute Gasteiger partial charge is 0.364 e. The fraction of sp³-hybridized carbons (Fsp3) is 0.429. The second-order valence-electron chi connectivity index (χ2n) is 13.5. The van der Waals surface area contributed by atoms with E-state index in [0.717, 1.165) is 36.6 Å². The van der Waals surface area contributed by atoms with E-state index < -0.39 is 34.3 Å². The smallest absolute Gasteiger partial charge is 0.325 e. The van der Waals surface area contributed by atoms with E-state index in [1.165, 1.54) is 17.0 Å². The van der Waals surface area contributed by atoms with Crippen molar-refractivity contribution in [1.29, 1.82) is 0 Å². The average Bonchev–Trinajstić information content (AvgIpc) is 3.59. The molecule has 0 radical (unpaired) electrons. The third kappa shape index (κ3) is 6.70. The molecule has 6 heterocycles. The van der Waals surface area contributed by atoms with Crippen molar-refractivity contribution in [3.8, 4) is 10.6 Å². The molecule has 2 aliphatic rings. The van der Waals surface area contributed by atoms with Gasteiger partial charge in [0.25, 0.3) is 0 Å². The molecule has 53 heavy (non-hydrogen) atoms. The highest BCUT2D eigenvalue weighted by Crippen LogP contribution is 2.33. The minimum absolute atomic E-state index is 0.00178. The van der Waals surface area contributed by atoms with Gasteiger partial charge in [0.2, 0.25) is 10.6 Å². The van der Waals surface area contributed by atoms with Crippen LogP contribution in [-0.2, 0) is 13.1 Å². The van der Waals surface area contributed by atoms with Gasteiger partial charge in [-0.3, -0.25) is 14.9 Å². The minimum atomic E-state index is -0.829. The number of amides is 2. The number of aryl methyl sites for hydroxylation is 2. The summed E-state index contributed by atoms with van der Waals surface area (Å²) in [6.45, 7) is 10.5. The lowest BCUT2D eigenvalue weighted by Crippen LogP contribution is -2.50. The van der Waals surface area contributed by atoms with E-state index in [1.54, 1.807) is 16.4 Å². The van der Waals surface area contributed by atoms with Crippen molar-refractivity contribution in [2.45, 2.75) is 39.9 Å². The van der Waals surface area contributed by atoms with E-state index in [4.69, 9.17) is 0 Å². The summed E-state index contributed by atoms with van der Waals surface area (Å²) in [5.41, 5.74) is -1.18. The number of anilines is 4. The molecule has 7 rings (SSSR count). The number of carbonyl (C=O) groups is 1. The Labute approximate surface area is 306 Å². The molecule has 1 atom stereocenters. The topological polar surface area (TPSA) is 137 Å². The number of pyridine rings is 3. The number of fused-ring (bicyclic) bond motifs is 2. The third-order valence-corrected chi connectivity index (χ3v) is 11.0. The number of aromatic nitrogens is 5. The first-order valence-electron chi connectivity index (χ1n) is 17.5. The second kappa shape index (κ2) is 14.4. The van der Waals surface area contributed by atoms with Crippen molar-refractivity contribution >= 4 is 61.6 Å². The van der Waals surface area contributed by atoms with Crippen LogP contribution in [0.2, 0.25) is 0 Å². The van der Waals surface area contributed by atoms with Gasteiger partial charge in [-0.2, -0.15) is 0 Å². The molecule has 2 saturated heterocycles. The van der Waals surface area contributed by atoms with Crippen molar-refractivity contribution in [3.05, 3.63) is 62.4 Å². The molecule has 4 aromatic heterocycles. The average molecular weight is 752 g/mol. The van der Waals surface area contributed by atoms with Gasteiger partial charge in [0, 0.05) is 77.3 Å². The summed E-state index contributed by atoms with van der Waals surface area (Å²) in [6.07, 6.45) is 2.90. The molecule has 0 saturated carbocycles. The number of carbonyl (C=O) groups excluding carboxylic acids is 1. The number of halogens is 3. The first-order valence-corrected chi connectivity index (χ1v) is 18.3. The molecule has 18 heteroatoms. The van der Waals surface area contributed by atoms with Crippen LogP contribution in [0.15, 0.2) is 34.1 Å². The number of nitrogens with zero attached hydrogens (tertiary/aromatic N) is 9. The van der Waals surface area contributed by atoms with Crippen molar-refractivity contribution in [3.63, 3.8) is 0 Å². The maximum absolute atomic E-state index is 16.1. The number of piperazine rings is 2. The molecule has 1 unspecified atom stereocenters. The zero-order chi connectivity index (χ0) is 37.7. The maximum Gasteiger partial charge on any atom is 0.325 e. The quantitative estimate of drug-likeness (QED) is 0.249. The van der Waals surface area contributed by atoms with Crippen LogP contribution in [0, 0.1) is 17.5 Å². The summed E-state index contributed by atoms with van der Waals surface area (Å²) in [7, 11) is 3.96. The molecule has 2 amide bonds. The molecule has 2 N–H and O–H groups in total. The highest BCUT2D eigenvalue weighted by Gasteiger charge is 2.29. The highest BCUT2D eigenvalue weighted by atomic mass is 32.1. The molecule has 0 bridgehead atoms. The number of urea groups is 1. The van der Waals surface area contributed by atoms with Gasteiger partial charge in [-0.05, 0) is 47.0 Å². The lowest BCUT2D eigenvalue weighted by Gasteiger charge is -2.39. The predicted molar refractivity (Wildman–Crippen MR) is 201 cm³/mol. The molecule has 2 fully saturated rings. The van der Waals surface area contributed by atoms with Gasteiger partial charge in [-0.15, -0.1) is 10.2 Å². The van der Waals surface area contributed by atoms with Crippen LogP contribution in [0.25, 0.3) is 32.5 Å². The Balaban J connectivity index is 1.14. The molecular formula is C35H40F3N11O3S. The van der Waals surface area contributed by atoms with Gasteiger partial charge in [0.15, 0.2) is 27.9 Å². The summed E-state index contributed by atoms with van der Waals surface area (Å²) in [5.74, 6) is -2.08. The highest BCUT2D eigenvalue weighted by molar-refractivity contribution is 7.18. The van der Waals surface area contributed by atoms with Gasteiger partial charge >= 0.3 is 6.03 Å². The van der Waals surface area contributed by atoms with E-state index in [0.29, 0.717) is 44.9 Å². The van der Waals surface area contributed by atoms with Crippen LogP contribution in [0.5, 0.6) is 0 Å².